The van der Waals surface area contributed by atoms with Crippen molar-refractivity contribution in [3.05, 3.63) is 64.6 Å². The molecule has 2 aliphatic heterocycles. The first-order valence-electron chi connectivity index (χ1n) is 11.5. The molecule has 0 spiro atoms. The Labute approximate surface area is 203 Å². The van der Waals surface area contributed by atoms with E-state index in [0.29, 0.717) is 36.0 Å². The van der Waals surface area contributed by atoms with Gasteiger partial charge in [-0.05, 0) is 67.3 Å². The van der Waals surface area contributed by atoms with Crippen LogP contribution < -0.4 is 9.47 Å². The molecule has 2 aromatic carbocycles. The van der Waals surface area contributed by atoms with Gasteiger partial charge in [0.25, 0.3) is 17.1 Å². The van der Waals surface area contributed by atoms with Gasteiger partial charge in [-0.25, -0.2) is 0 Å². The molecule has 0 unspecified atom stereocenters. The smallest absolute Gasteiger partial charge is 0.293 e. The second-order valence-corrected chi connectivity index (χ2v) is 9.08. The summed E-state index contributed by atoms with van der Waals surface area (Å²) in [4.78, 5) is 41.0. The highest BCUT2D eigenvalue weighted by atomic mass is 32.2. The molecule has 2 saturated heterocycles. The van der Waals surface area contributed by atoms with E-state index < -0.39 is 0 Å². The maximum Gasteiger partial charge on any atom is 0.293 e. The molecule has 0 bridgehead atoms. The van der Waals surface area contributed by atoms with Crippen LogP contribution in [0.1, 0.15) is 30.9 Å². The van der Waals surface area contributed by atoms with Gasteiger partial charge in [0.15, 0.2) is 18.1 Å². The third-order valence-electron chi connectivity index (χ3n) is 5.72. The van der Waals surface area contributed by atoms with Gasteiger partial charge >= 0.3 is 0 Å². The van der Waals surface area contributed by atoms with Crippen LogP contribution in [0.4, 0.5) is 4.79 Å². The van der Waals surface area contributed by atoms with E-state index in [1.54, 1.807) is 24.3 Å². The van der Waals surface area contributed by atoms with Crippen molar-refractivity contribution in [2.75, 3.05) is 32.8 Å². The first-order chi connectivity index (χ1) is 16.5. The maximum absolute atomic E-state index is 12.8. The van der Waals surface area contributed by atoms with E-state index in [1.807, 2.05) is 42.2 Å². The number of rotatable bonds is 9. The van der Waals surface area contributed by atoms with E-state index in [1.165, 1.54) is 4.90 Å². The molecule has 0 aromatic heterocycles. The second kappa shape index (κ2) is 11.2. The lowest BCUT2D eigenvalue weighted by atomic mass is 10.1. The van der Waals surface area contributed by atoms with Crippen molar-refractivity contribution in [1.82, 2.24) is 9.80 Å². The maximum atomic E-state index is 12.8. The molecule has 8 heteroatoms. The molecule has 4 rings (SSSR count). The van der Waals surface area contributed by atoms with Gasteiger partial charge in [0.2, 0.25) is 0 Å². The van der Waals surface area contributed by atoms with E-state index >= 15 is 0 Å². The molecular weight excluding hydrogens is 452 g/mol. The van der Waals surface area contributed by atoms with Crippen molar-refractivity contribution in [3.8, 4) is 11.5 Å². The molecule has 2 heterocycles. The summed E-state index contributed by atoms with van der Waals surface area (Å²) in [7, 11) is 0. The fourth-order valence-electron chi connectivity index (χ4n) is 3.93. The van der Waals surface area contributed by atoms with Crippen molar-refractivity contribution >= 4 is 34.9 Å². The Hall–Kier alpha value is -3.26. The third kappa shape index (κ3) is 5.80. The number of imide groups is 1. The number of amides is 3. The van der Waals surface area contributed by atoms with Crippen LogP contribution in [-0.4, -0.2) is 59.7 Å². The van der Waals surface area contributed by atoms with Crippen molar-refractivity contribution in [2.45, 2.75) is 26.2 Å². The number of hydrogen-bond acceptors (Lipinski definition) is 6. The van der Waals surface area contributed by atoms with Crippen LogP contribution in [0.2, 0.25) is 0 Å². The standard InChI is InChI=1S/C26H28N2O5S/c1-2-32-22-16-20(10-11-21(22)33-18-24(29)27-13-6-7-14-27)17-23-25(30)28(26(31)34-23)15-12-19-8-4-3-5-9-19/h3-5,8-11,16-17H,2,6-7,12-15,18H2,1H3/b23-17-. The monoisotopic (exact) mass is 480 g/mol. The summed E-state index contributed by atoms with van der Waals surface area (Å²) < 4.78 is 11.5. The highest BCUT2D eigenvalue weighted by molar-refractivity contribution is 8.18. The lowest BCUT2D eigenvalue weighted by molar-refractivity contribution is -0.132. The Kier molecular flexibility index (Phi) is 7.90. The van der Waals surface area contributed by atoms with Gasteiger partial charge in [0, 0.05) is 19.6 Å². The zero-order valence-electron chi connectivity index (χ0n) is 19.2. The predicted octanol–water partition coefficient (Wildman–Crippen LogP) is 4.37. The van der Waals surface area contributed by atoms with Crippen LogP contribution in [0.15, 0.2) is 53.4 Å². The molecule has 2 fully saturated rings. The van der Waals surface area contributed by atoms with Gasteiger partial charge < -0.3 is 14.4 Å². The van der Waals surface area contributed by atoms with E-state index in [-0.39, 0.29) is 23.7 Å². The molecule has 0 saturated carbocycles. The normalized spacial score (nSPS) is 17.0. The first-order valence-corrected chi connectivity index (χ1v) is 12.3. The Morgan fingerprint density at radius 3 is 2.53 bits per heavy atom. The number of ether oxygens (including phenoxy) is 2. The summed E-state index contributed by atoms with van der Waals surface area (Å²) in [6, 6.07) is 15.0. The minimum absolute atomic E-state index is 0.0341. The zero-order valence-corrected chi connectivity index (χ0v) is 20.0. The number of thioether (sulfide) groups is 1. The Bertz CT molecular complexity index is 1080. The predicted molar refractivity (Wildman–Crippen MR) is 132 cm³/mol. The highest BCUT2D eigenvalue weighted by Gasteiger charge is 2.34. The van der Waals surface area contributed by atoms with Crippen molar-refractivity contribution < 1.29 is 23.9 Å². The highest BCUT2D eigenvalue weighted by Crippen LogP contribution is 2.35. The van der Waals surface area contributed by atoms with E-state index in [9.17, 15) is 14.4 Å². The van der Waals surface area contributed by atoms with Crippen molar-refractivity contribution in [1.29, 1.82) is 0 Å². The molecule has 3 amide bonds. The van der Waals surface area contributed by atoms with Crippen molar-refractivity contribution in [2.24, 2.45) is 0 Å². The molecule has 34 heavy (non-hydrogen) atoms. The first kappa shape index (κ1) is 23.9. The number of carbonyl (C=O) groups is 3. The summed E-state index contributed by atoms with van der Waals surface area (Å²) in [5.41, 5.74) is 1.79. The number of likely N-dealkylation sites (tertiary alicyclic amines) is 1. The summed E-state index contributed by atoms with van der Waals surface area (Å²) in [5.74, 6) is 0.643. The van der Waals surface area contributed by atoms with Crippen LogP contribution in [0, 0.1) is 0 Å². The number of nitrogens with zero attached hydrogens (tertiary/aromatic N) is 2. The molecule has 178 valence electrons. The number of benzene rings is 2. The van der Waals surface area contributed by atoms with E-state index in [2.05, 4.69) is 0 Å². The number of hydrogen-bond donors (Lipinski definition) is 0. The van der Waals surface area contributed by atoms with Gasteiger partial charge in [0.1, 0.15) is 0 Å². The zero-order chi connectivity index (χ0) is 23.9. The van der Waals surface area contributed by atoms with Crippen LogP contribution >= 0.6 is 11.8 Å². The molecule has 0 radical (unpaired) electrons. The summed E-state index contributed by atoms with van der Waals surface area (Å²) in [6.45, 7) is 4.15. The van der Waals surface area contributed by atoms with Crippen LogP contribution in [0.25, 0.3) is 6.08 Å². The fourth-order valence-corrected chi connectivity index (χ4v) is 4.79. The van der Waals surface area contributed by atoms with Crippen LogP contribution in [-0.2, 0) is 16.0 Å². The minimum atomic E-state index is -0.291. The molecule has 0 atom stereocenters. The topological polar surface area (TPSA) is 76.1 Å². The molecule has 2 aromatic rings. The van der Waals surface area contributed by atoms with Gasteiger partial charge in [-0.3, -0.25) is 19.3 Å². The van der Waals surface area contributed by atoms with Gasteiger partial charge in [-0.1, -0.05) is 36.4 Å². The molecule has 7 nitrogen and oxygen atoms in total. The summed E-state index contributed by atoms with van der Waals surface area (Å²) in [5, 5.41) is -0.266. The average Bonchev–Trinajstić information content (AvgIpc) is 3.47. The lowest BCUT2D eigenvalue weighted by Crippen LogP contribution is -2.32. The fraction of sp³-hybridized carbons (Fsp3) is 0.346. The number of carbonyl (C=O) groups excluding carboxylic acids is 3. The average molecular weight is 481 g/mol. The SMILES string of the molecule is CCOc1cc(/C=C2\SC(=O)N(CCc3ccccc3)C2=O)ccc1OCC(=O)N1CCCC1. The van der Waals surface area contributed by atoms with Crippen LogP contribution in [0.3, 0.4) is 0 Å². The minimum Gasteiger partial charge on any atom is -0.490 e. The van der Waals surface area contributed by atoms with Gasteiger partial charge in [-0.15, -0.1) is 0 Å². The third-order valence-corrected chi connectivity index (χ3v) is 6.62. The second-order valence-electron chi connectivity index (χ2n) is 8.08. The largest absolute Gasteiger partial charge is 0.490 e. The quantitative estimate of drug-likeness (QED) is 0.496. The Morgan fingerprint density at radius 1 is 1.03 bits per heavy atom. The molecular formula is C26H28N2O5S. The summed E-state index contributed by atoms with van der Waals surface area (Å²) in [6.07, 6.45) is 4.36. The molecule has 0 N–H and O–H groups in total. The molecule has 0 aliphatic carbocycles. The van der Waals surface area contributed by atoms with Gasteiger partial charge in [0.05, 0.1) is 11.5 Å². The van der Waals surface area contributed by atoms with E-state index in [4.69, 9.17) is 9.47 Å². The Morgan fingerprint density at radius 2 is 1.79 bits per heavy atom. The van der Waals surface area contributed by atoms with Crippen molar-refractivity contribution in [3.63, 3.8) is 0 Å². The lowest BCUT2D eigenvalue weighted by Gasteiger charge is -2.17. The summed E-state index contributed by atoms with van der Waals surface area (Å²) >= 11 is 0.940. The van der Waals surface area contributed by atoms with Crippen LogP contribution in [0.5, 0.6) is 11.5 Å². The Balaban J connectivity index is 1.43. The molecule has 2 aliphatic rings. The van der Waals surface area contributed by atoms with Gasteiger partial charge in [-0.2, -0.15) is 0 Å². The van der Waals surface area contributed by atoms with E-state index in [0.717, 1.165) is 48.8 Å².